The lowest BCUT2D eigenvalue weighted by atomic mass is 10.2. The third-order valence-corrected chi connectivity index (χ3v) is 12.0. The van der Waals surface area contributed by atoms with E-state index < -0.39 is 72.8 Å². The number of anilines is 2. The Balaban J connectivity index is 2.06. The average molecular weight is 939 g/mol. The number of rotatable bonds is 10. The van der Waals surface area contributed by atoms with E-state index in [2.05, 4.69) is 0 Å². The lowest BCUT2D eigenvalue weighted by Gasteiger charge is -2.33. The number of aromatic carboxylic acids is 1. The maximum Gasteiger partial charge on any atom is 0.335 e. The maximum absolute atomic E-state index is 14.4. The minimum Gasteiger partial charge on any atom is -0.478 e. The highest BCUT2D eigenvalue weighted by Crippen LogP contribution is 2.38. The van der Waals surface area contributed by atoms with Crippen molar-refractivity contribution < 1.29 is 41.5 Å². The van der Waals surface area contributed by atoms with Crippen molar-refractivity contribution in [2.75, 3.05) is 8.61 Å². The molecule has 1 N–H and O–H groups in total. The molecule has 4 aromatic carbocycles. The number of carboxylic acids is 1. The molecule has 0 aliphatic heterocycles. The number of sulfonamides is 2. The highest BCUT2D eigenvalue weighted by molar-refractivity contribution is 14.1. The second-order valence-electron chi connectivity index (χ2n) is 9.19. The summed E-state index contributed by atoms with van der Waals surface area (Å²) in [5.41, 5.74) is -2.33. The van der Waals surface area contributed by atoms with Crippen molar-refractivity contribution in [3.63, 3.8) is 0 Å². The standard InChI is InChI=1S/C26H15I2N5O12S3/c27-22-13-15(25(34)35)14-23(28)24(22)30(48(44,45)21-11-7-19(8-12-21)33(40)41)26(46)29(16-1-3-17(4-2-16)31(36)37)47(42,43)20-9-5-18(6-10-20)32(38)39/h1-14H,(H,34,35). The van der Waals surface area contributed by atoms with E-state index in [1.165, 1.54) is 0 Å². The number of carbonyl (C=O) groups is 1. The largest absolute Gasteiger partial charge is 0.478 e. The van der Waals surface area contributed by atoms with Crippen LogP contribution in [-0.2, 0) is 20.0 Å². The second-order valence-corrected chi connectivity index (χ2v) is 15.5. The third kappa shape index (κ3) is 7.20. The van der Waals surface area contributed by atoms with Crippen LogP contribution in [-0.4, -0.2) is 47.8 Å². The van der Waals surface area contributed by atoms with Crippen LogP contribution < -0.4 is 8.61 Å². The lowest BCUT2D eigenvalue weighted by molar-refractivity contribution is -0.385. The van der Waals surface area contributed by atoms with Crippen molar-refractivity contribution in [3.8, 4) is 0 Å². The number of non-ortho nitro benzene ring substituents is 3. The molecule has 0 atom stereocenters. The predicted octanol–water partition coefficient (Wildman–Crippen LogP) is 5.69. The van der Waals surface area contributed by atoms with Gasteiger partial charge in [-0.3, -0.25) is 30.3 Å². The molecule has 248 valence electrons. The highest BCUT2D eigenvalue weighted by Gasteiger charge is 2.40. The Bertz CT molecular complexity index is 2190. The molecule has 4 rings (SSSR count). The number of nitro benzene ring substituents is 3. The lowest BCUT2D eigenvalue weighted by Crippen LogP contribution is -2.49. The van der Waals surface area contributed by atoms with E-state index in [0.717, 1.165) is 84.9 Å². The van der Waals surface area contributed by atoms with E-state index in [1.54, 1.807) is 45.2 Å². The molecular formula is C26H15I2N5O12S3. The Kier molecular flexibility index (Phi) is 10.6. The van der Waals surface area contributed by atoms with E-state index in [1.807, 2.05) is 0 Å². The van der Waals surface area contributed by atoms with Gasteiger partial charge < -0.3 is 5.11 Å². The molecule has 0 bridgehead atoms. The zero-order chi connectivity index (χ0) is 35.7. The van der Waals surface area contributed by atoms with Gasteiger partial charge in [0.15, 0.2) is 0 Å². The monoisotopic (exact) mass is 939 g/mol. The molecule has 0 saturated carbocycles. The van der Waals surface area contributed by atoms with Gasteiger partial charge in [-0.05, 0) is 106 Å². The van der Waals surface area contributed by atoms with Crippen LogP contribution in [0.4, 0.5) is 28.4 Å². The van der Waals surface area contributed by atoms with Gasteiger partial charge >= 0.3 is 5.97 Å². The second kappa shape index (κ2) is 14.0. The summed E-state index contributed by atoms with van der Waals surface area (Å²) >= 11 is 8.86. The van der Waals surface area contributed by atoms with Gasteiger partial charge in [0.25, 0.3) is 37.1 Å². The zero-order valence-corrected chi connectivity index (χ0v) is 30.0. The Morgan fingerprint density at radius 2 is 0.979 bits per heavy atom. The molecule has 0 fully saturated rings. The van der Waals surface area contributed by atoms with Crippen molar-refractivity contribution >= 4 is 117 Å². The summed E-state index contributed by atoms with van der Waals surface area (Å²) in [5.74, 6) is -1.36. The number of halogens is 2. The maximum atomic E-state index is 14.4. The van der Waals surface area contributed by atoms with Crippen LogP contribution in [0.15, 0.2) is 94.7 Å². The highest BCUT2D eigenvalue weighted by atomic mass is 127. The summed E-state index contributed by atoms with van der Waals surface area (Å²) in [5, 5.41) is 42.4. The van der Waals surface area contributed by atoms with Crippen molar-refractivity contribution in [3.05, 3.63) is 128 Å². The van der Waals surface area contributed by atoms with Crippen molar-refractivity contribution in [2.24, 2.45) is 0 Å². The van der Waals surface area contributed by atoms with Crippen LogP contribution in [0.1, 0.15) is 10.4 Å². The number of hydrogen-bond donors (Lipinski definition) is 1. The molecule has 0 aliphatic rings. The summed E-state index contributed by atoms with van der Waals surface area (Å²) in [6.07, 6.45) is 0. The number of thiocarbonyl (C=S) groups is 1. The first-order valence-corrected chi connectivity index (χ1v) is 17.9. The SMILES string of the molecule is O=C(O)c1cc(I)c(N(C(=S)N(c2ccc([N+](=O)[O-])cc2)S(=O)(=O)c2ccc([N+](=O)[O-])cc2)S(=O)(=O)c2ccc([N+](=O)[O-])cc2)c(I)c1. The Morgan fingerprint density at radius 1 is 0.646 bits per heavy atom. The van der Waals surface area contributed by atoms with E-state index >= 15 is 0 Å². The predicted molar refractivity (Wildman–Crippen MR) is 190 cm³/mol. The molecule has 48 heavy (non-hydrogen) atoms. The van der Waals surface area contributed by atoms with Gasteiger partial charge in [-0.25, -0.2) is 30.2 Å². The van der Waals surface area contributed by atoms with Crippen LogP contribution >= 0.6 is 57.4 Å². The minimum atomic E-state index is -5.00. The van der Waals surface area contributed by atoms with Crippen LogP contribution in [0.3, 0.4) is 0 Å². The van der Waals surface area contributed by atoms with E-state index in [-0.39, 0.29) is 24.1 Å². The van der Waals surface area contributed by atoms with Crippen LogP contribution in [0, 0.1) is 37.5 Å². The molecule has 0 unspecified atom stereocenters. The fraction of sp³-hybridized carbons (Fsp3) is 0. The van der Waals surface area contributed by atoms with E-state index in [4.69, 9.17) is 12.2 Å². The quantitative estimate of drug-likeness (QED) is 0.0870. The summed E-state index contributed by atoms with van der Waals surface area (Å²) in [6.45, 7) is 0. The molecule has 22 heteroatoms. The van der Waals surface area contributed by atoms with Gasteiger partial charge in [-0.1, -0.05) is 0 Å². The number of nitrogens with zero attached hydrogens (tertiary/aromatic N) is 5. The summed E-state index contributed by atoms with van der Waals surface area (Å²) in [4.78, 5) is 42.0. The third-order valence-electron chi connectivity index (χ3n) is 6.28. The number of benzene rings is 4. The zero-order valence-electron chi connectivity index (χ0n) is 23.2. The van der Waals surface area contributed by atoms with Crippen molar-refractivity contribution in [1.29, 1.82) is 0 Å². The fourth-order valence-electron chi connectivity index (χ4n) is 4.04. The number of hydrogen-bond acceptors (Lipinski definition) is 12. The smallest absolute Gasteiger partial charge is 0.335 e. The molecule has 0 aliphatic carbocycles. The van der Waals surface area contributed by atoms with Gasteiger partial charge in [0, 0.05) is 43.5 Å². The normalized spacial score (nSPS) is 11.4. The van der Waals surface area contributed by atoms with Crippen molar-refractivity contribution in [2.45, 2.75) is 9.79 Å². The number of nitro groups is 3. The molecule has 17 nitrogen and oxygen atoms in total. The van der Waals surface area contributed by atoms with Gasteiger partial charge in [0.2, 0.25) is 5.11 Å². The Morgan fingerprint density at radius 3 is 1.31 bits per heavy atom. The number of carboxylic acid groups (broad SMARTS) is 1. The first-order chi connectivity index (χ1) is 22.4. The van der Waals surface area contributed by atoms with Gasteiger partial charge in [0.05, 0.1) is 41.5 Å². The first kappa shape index (κ1) is 36.4. The molecule has 0 saturated heterocycles. The van der Waals surface area contributed by atoms with Crippen LogP contribution in [0.25, 0.3) is 0 Å². The van der Waals surface area contributed by atoms with Crippen LogP contribution in [0.2, 0.25) is 0 Å². The van der Waals surface area contributed by atoms with Gasteiger partial charge in [0.1, 0.15) is 0 Å². The molecule has 0 amide bonds. The minimum absolute atomic E-state index is 0.0267. The summed E-state index contributed by atoms with van der Waals surface area (Å²) in [7, 11) is -9.98. The Labute approximate surface area is 302 Å². The first-order valence-electron chi connectivity index (χ1n) is 12.5. The van der Waals surface area contributed by atoms with Gasteiger partial charge in [-0.2, -0.15) is 0 Å². The molecule has 0 aromatic heterocycles. The topological polar surface area (TPSA) is 241 Å². The fourth-order valence-corrected chi connectivity index (χ4v) is 10.2. The summed E-state index contributed by atoms with van der Waals surface area (Å²) in [6, 6.07) is 13.1. The van der Waals surface area contributed by atoms with Crippen molar-refractivity contribution in [1.82, 2.24) is 0 Å². The Hall–Kier alpha value is -4.40. The molecule has 0 heterocycles. The van der Waals surface area contributed by atoms with E-state index in [9.17, 15) is 57.1 Å². The average Bonchev–Trinajstić information content (AvgIpc) is 3.02. The summed E-state index contributed by atoms with van der Waals surface area (Å²) < 4.78 is 58.1. The van der Waals surface area contributed by atoms with Crippen LogP contribution in [0.5, 0.6) is 0 Å². The van der Waals surface area contributed by atoms with Gasteiger partial charge in [-0.15, -0.1) is 0 Å². The molecule has 0 spiro atoms. The molecular weight excluding hydrogens is 924 g/mol. The molecule has 0 radical (unpaired) electrons. The molecule has 4 aromatic rings. The van der Waals surface area contributed by atoms with E-state index in [0.29, 0.717) is 8.61 Å².